The maximum absolute atomic E-state index is 8.28. The monoisotopic (exact) mass is 248 g/mol. The third-order valence-electron chi connectivity index (χ3n) is 0. The van der Waals surface area contributed by atoms with Crippen molar-refractivity contribution < 1.29 is 56.9 Å². The van der Waals surface area contributed by atoms with E-state index in [1.54, 1.807) is 15.9 Å². The Kier molecular flexibility index (Phi) is 532. The molecule has 46 valence electrons. The molecule has 0 fully saturated rings. The van der Waals surface area contributed by atoms with Gasteiger partial charge in [0.05, 0.1) is 0 Å². The van der Waals surface area contributed by atoms with Crippen LogP contribution in [0.5, 0.6) is 0 Å². The molecule has 0 aromatic rings. The molecular weight excluding hydrogens is 245 g/mol. The molecule has 8 heavy (non-hydrogen) atoms. The van der Waals surface area contributed by atoms with E-state index in [1.807, 2.05) is 0 Å². The van der Waals surface area contributed by atoms with Crippen LogP contribution >= 0.6 is 0 Å². The van der Waals surface area contributed by atoms with Crippen LogP contribution in [0.3, 0.4) is 0 Å². The molecule has 0 aromatic carbocycles. The van der Waals surface area contributed by atoms with Crippen molar-refractivity contribution in [2.45, 2.75) is 0 Å². The van der Waals surface area contributed by atoms with E-state index in [4.69, 9.17) is 7.64 Å². The van der Waals surface area contributed by atoms with Crippen molar-refractivity contribution in [2.24, 2.45) is 0 Å². The van der Waals surface area contributed by atoms with E-state index in [0.29, 0.717) is 16.2 Å². The Morgan fingerprint density at radius 2 is 1.00 bits per heavy atom. The summed E-state index contributed by atoms with van der Waals surface area (Å²) in [6, 6.07) is 0. The molecule has 0 aliphatic carbocycles. The van der Waals surface area contributed by atoms with Gasteiger partial charge in [-0.3, -0.25) is 0 Å². The first-order chi connectivity index (χ1) is 2.00. The average molecular weight is 248 g/mol. The van der Waals surface area contributed by atoms with Gasteiger partial charge in [0, 0.05) is 33.3 Å². The van der Waals surface area contributed by atoms with E-state index in [0.717, 1.165) is 0 Å². The number of hydrogen-bond acceptors (Lipinski definition) is 2. The van der Waals surface area contributed by atoms with Gasteiger partial charge < -0.3 is 0 Å². The Balaban J connectivity index is -0.00000000167. The summed E-state index contributed by atoms with van der Waals surface area (Å²) in [6.45, 7) is 0. The molecule has 0 atom stereocenters. The first-order valence-corrected chi connectivity index (χ1v) is 1.50. The van der Waals surface area contributed by atoms with Crippen LogP contribution in [0.1, 0.15) is 0 Å². The molecule has 0 N–H and O–H groups in total. The molecule has 0 bridgehead atoms. The van der Waals surface area contributed by atoms with E-state index in [-0.39, 0.29) is 71.0 Å². The van der Waals surface area contributed by atoms with Gasteiger partial charge >= 0.3 is 77.5 Å². The second-order valence-corrected chi connectivity index (χ2v) is 0. The zero-order chi connectivity index (χ0) is 4.00. The van der Waals surface area contributed by atoms with E-state index >= 15 is 0 Å². The van der Waals surface area contributed by atoms with Crippen molar-refractivity contribution >= 4 is 53.9 Å². The first-order valence-electron chi connectivity index (χ1n) is 0.443. The molecular formula is H3AlCoLi2MnNiO2. The van der Waals surface area contributed by atoms with Gasteiger partial charge in [0.2, 0.25) is 0 Å². The van der Waals surface area contributed by atoms with Gasteiger partial charge in [0.15, 0.2) is 0 Å². The molecule has 0 heterocycles. The van der Waals surface area contributed by atoms with Gasteiger partial charge in [0.1, 0.15) is 0 Å². The zero-order valence-electron chi connectivity index (χ0n) is 2.55. The molecule has 1 radical (unpaired) electrons. The van der Waals surface area contributed by atoms with Crippen LogP contribution in [0.15, 0.2) is 0 Å². The molecule has 2 nitrogen and oxygen atoms in total. The summed E-state index contributed by atoms with van der Waals surface area (Å²) in [4.78, 5) is 0. The molecule has 0 rings (SSSR count). The van der Waals surface area contributed by atoms with E-state index in [2.05, 4.69) is 0 Å². The molecule has 0 unspecified atom stereocenters. The second-order valence-electron chi connectivity index (χ2n) is 0. The molecule has 0 spiro atoms. The van der Waals surface area contributed by atoms with Gasteiger partial charge in [-0.2, -0.15) is 0 Å². The van der Waals surface area contributed by atoms with Crippen molar-refractivity contribution in [1.29, 1.82) is 0 Å². The van der Waals surface area contributed by atoms with Crippen LogP contribution in [0.4, 0.5) is 0 Å². The Morgan fingerprint density at radius 3 is 1.00 bits per heavy atom. The van der Waals surface area contributed by atoms with Crippen LogP contribution in [-0.4, -0.2) is 53.9 Å². The summed E-state index contributed by atoms with van der Waals surface area (Å²) in [7, 11) is 0. The second kappa shape index (κ2) is 95.1. The van der Waals surface area contributed by atoms with Crippen molar-refractivity contribution in [2.75, 3.05) is 0 Å². The van der Waals surface area contributed by atoms with Crippen molar-refractivity contribution in [3.05, 3.63) is 0 Å². The Bertz CT molecular complexity index is 22.0. The van der Waals surface area contributed by atoms with Crippen LogP contribution < -0.4 is 0 Å². The van der Waals surface area contributed by atoms with Gasteiger partial charge in [0.25, 0.3) is 0 Å². The standard InChI is InChI=1S/Al.Co.2Li.Mn.Ni.2O.3H. The predicted octanol–water partition coefficient (Wildman–Crippen LogP) is -2.19. The summed E-state index contributed by atoms with van der Waals surface area (Å²) in [5.41, 5.74) is 0. The Morgan fingerprint density at radius 1 is 1.00 bits per heavy atom. The van der Waals surface area contributed by atoms with Crippen molar-refractivity contribution in [3.63, 3.8) is 0 Å². The average Bonchev–Trinajstić information content (AvgIpc) is 1.50. The maximum atomic E-state index is 8.28. The number of rotatable bonds is 0. The quantitative estimate of drug-likeness (QED) is 0.457. The third kappa shape index (κ3) is 67.2. The predicted molar refractivity (Wildman–Crippen MR) is 22.8 cm³/mol. The summed E-state index contributed by atoms with van der Waals surface area (Å²) in [5.74, 6) is 0. The Labute approximate surface area is 109 Å². The fourth-order valence-electron chi connectivity index (χ4n) is 0. The molecule has 0 saturated carbocycles. The molecule has 0 aliphatic rings. The topological polar surface area (TPSA) is 34.1 Å². The van der Waals surface area contributed by atoms with Gasteiger partial charge in [-0.15, -0.1) is 0 Å². The fraction of sp³-hybridized carbons (Fsp3) is 0. The van der Waals surface area contributed by atoms with E-state index in [9.17, 15) is 0 Å². The van der Waals surface area contributed by atoms with Gasteiger partial charge in [-0.05, 0) is 0 Å². The summed E-state index contributed by atoms with van der Waals surface area (Å²) >= 11 is 2.30. The van der Waals surface area contributed by atoms with Crippen LogP contribution in [0, 0.1) is 0 Å². The zero-order valence-corrected chi connectivity index (χ0v) is 7.17. The van der Waals surface area contributed by atoms with E-state index < -0.39 is 0 Å². The molecule has 0 saturated heterocycles. The summed E-state index contributed by atoms with van der Waals surface area (Å²) in [5, 5.41) is 0. The number of hydrogen-bond donors (Lipinski definition) is 0. The van der Waals surface area contributed by atoms with Gasteiger partial charge in [-0.25, -0.2) is 0 Å². The fourth-order valence-corrected chi connectivity index (χ4v) is 0. The van der Waals surface area contributed by atoms with Crippen LogP contribution in [0.2, 0.25) is 0 Å². The van der Waals surface area contributed by atoms with Crippen molar-refractivity contribution in [3.8, 4) is 0 Å². The van der Waals surface area contributed by atoms with Crippen LogP contribution in [-0.2, 0) is 56.9 Å². The van der Waals surface area contributed by atoms with Gasteiger partial charge in [-0.1, -0.05) is 0 Å². The Hall–Kier alpha value is 2.85. The van der Waals surface area contributed by atoms with E-state index in [1.165, 1.54) is 0 Å². The van der Waals surface area contributed by atoms with Crippen molar-refractivity contribution in [1.82, 2.24) is 0 Å². The summed E-state index contributed by atoms with van der Waals surface area (Å²) < 4.78 is 16.3. The minimum absolute atomic E-state index is 0. The third-order valence-corrected chi connectivity index (χ3v) is 0. The normalized spacial score (nSPS) is 0.875. The molecule has 0 aliphatic heterocycles. The molecule has 8 heteroatoms. The summed E-state index contributed by atoms with van der Waals surface area (Å²) in [6.07, 6.45) is 0. The minimum atomic E-state index is 0. The SMILES string of the molecule is [Co].[LiH].[LiH].[Ni].[O]=[AlH].[O]=[Mn]. The first kappa shape index (κ1) is 44.8. The van der Waals surface area contributed by atoms with Crippen LogP contribution in [0.25, 0.3) is 0 Å². The molecule has 0 aromatic heterocycles. The molecule has 0 amide bonds.